The molecule has 0 saturated carbocycles. The molecule has 0 saturated heterocycles. The molecule has 0 aliphatic rings. The number of alkyl halides is 4. The normalized spacial score (nSPS) is 14.7. The van der Waals surface area contributed by atoms with Gasteiger partial charge in [-0.1, -0.05) is 0 Å². The van der Waals surface area contributed by atoms with Crippen LogP contribution < -0.4 is 0 Å². The van der Waals surface area contributed by atoms with Crippen molar-refractivity contribution >= 4 is 20.0 Å². The molecule has 0 amide bonds. The van der Waals surface area contributed by atoms with Gasteiger partial charge in [-0.15, -0.1) is 0 Å². The summed E-state index contributed by atoms with van der Waals surface area (Å²) in [5.74, 6) is 0. The van der Waals surface area contributed by atoms with E-state index >= 15 is 0 Å². The molecular formula is C2H3F4NO5S2. The van der Waals surface area contributed by atoms with Gasteiger partial charge in [0.1, 0.15) is 0 Å². The van der Waals surface area contributed by atoms with E-state index in [0.29, 0.717) is 0 Å². The van der Waals surface area contributed by atoms with E-state index in [1.54, 1.807) is 0 Å². The molecule has 0 aromatic rings. The van der Waals surface area contributed by atoms with Gasteiger partial charge in [0.25, 0.3) is 10.0 Å². The van der Waals surface area contributed by atoms with Crippen LogP contribution >= 0.6 is 0 Å². The van der Waals surface area contributed by atoms with E-state index < -0.39 is 35.4 Å². The molecule has 0 heterocycles. The van der Waals surface area contributed by atoms with Crippen LogP contribution in [-0.4, -0.2) is 37.4 Å². The van der Waals surface area contributed by atoms with Gasteiger partial charge in [0, 0.05) is 3.87 Å². The van der Waals surface area contributed by atoms with Crippen molar-refractivity contribution in [1.29, 1.82) is 0 Å². The molecule has 0 atom stereocenters. The molecule has 14 heavy (non-hydrogen) atoms. The Hall–Kier alpha value is -0.460. The standard InChI is InChI=1S/C2H3F4NO5S2/c3-1-13(9,10)7(8)14(11,12)2(4,5)6/h8H,1H2. The van der Waals surface area contributed by atoms with Crippen molar-refractivity contribution in [3.63, 3.8) is 0 Å². The summed E-state index contributed by atoms with van der Waals surface area (Å²) in [7, 11) is -12.0. The van der Waals surface area contributed by atoms with E-state index in [1.807, 2.05) is 0 Å². The molecule has 0 aromatic heterocycles. The molecule has 0 radical (unpaired) electrons. The van der Waals surface area contributed by atoms with E-state index in [-0.39, 0.29) is 0 Å². The molecule has 0 aliphatic heterocycles. The van der Waals surface area contributed by atoms with Gasteiger partial charge in [0.2, 0.25) is 6.01 Å². The molecule has 86 valence electrons. The van der Waals surface area contributed by atoms with Crippen molar-refractivity contribution in [3.05, 3.63) is 0 Å². The highest BCUT2D eigenvalue weighted by Crippen LogP contribution is 2.27. The zero-order valence-electron chi connectivity index (χ0n) is 6.06. The molecule has 0 unspecified atom stereocenters. The Morgan fingerprint density at radius 1 is 1.14 bits per heavy atom. The highest BCUT2D eigenvalue weighted by Gasteiger charge is 2.54. The maximum absolute atomic E-state index is 11.6. The van der Waals surface area contributed by atoms with Crippen molar-refractivity contribution in [1.82, 2.24) is 3.87 Å². The van der Waals surface area contributed by atoms with Gasteiger partial charge < -0.3 is 0 Å². The minimum atomic E-state index is -6.49. The lowest BCUT2D eigenvalue weighted by Gasteiger charge is -2.14. The van der Waals surface area contributed by atoms with Crippen LogP contribution in [0.25, 0.3) is 0 Å². The van der Waals surface area contributed by atoms with Crippen LogP contribution in [0.3, 0.4) is 0 Å². The molecule has 0 spiro atoms. The summed E-state index contributed by atoms with van der Waals surface area (Å²) in [6.45, 7) is 0. The summed E-state index contributed by atoms with van der Waals surface area (Å²) in [6.07, 6.45) is 0. The number of nitrogens with zero attached hydrogens (tertiary/aromatic N) is 1. The lowest BCUT2D eigenvalue weighted by molar-refractivity contribution is -0.0581. The van der Waals surface area contributed by atoms with Crippen molar-refractivity contribution < 1.29 is 39.6 Å². The first-order valence-corrected chi connectivity index (χ1v) is 5.61. The van der Waals surface area contributed by atoms with Gasteiger partial charge in [-0.05, 0) is 0 Å². The van der Waals surface area contributed by atoms with Crippen molar-refractivity contribution in [3.8, 4) is 0 Å². The molecule has 0 rings (SSSR count). The quantitative estimate of drug-likeness (QED) is 0.560. The topological polar surface area (TPSA) is 91.8 Å². The molecule has 1 N–H and O–H groups in total. The SMILES string of the molecule is O=S(=O)(CF)N(O)S(=O)(=O)C(F)(F)F. The van der Waals surface area contributed by atoms with Crippen LogP contribution in [0.2, 0.25) is 0 Å². The van der Waals surface area contributed by atoms with Crippen molar-refractivity contribution in [2.45, 2.75) is 5.51 Å². The third-order valence-corrected chi connectivity index (χ3v) is 3.89. The predicted octanol–water partition coefficient (Wildman–Crippen LogP) is -0.216. The molecule has 0 aliphatic carbocycles. The zero-order chi connectivity index (χ0) is 11.8. The van der Waals surface area contributed by atoms with Gasteiger partial charge >= 0.3 is 15.5 Å². The third kappa shape index (κ3) is 2.31. The Kier molecular flexibility index (Phi) is 3.48. The van der Waals surface area contributed by atoms with Crippen molar-refractivity contribution in [2.75, 3.05) is 6.01 Å². The summed E-state index contributed by atoms with van der Waals surface area (Å²) in [5, 5.41) is 8.14. The first kappa shape index (κ1) is 13.5. The summed E-state index contributed by atoms with van der Waals surface area (Å²) < 4.78 is 85.0. The summed E-state index contributed by atoms with van der Waals surface area (Å²) in [6, 6.07) is -2.47. The second-order valence-electron chi connectivity index (χ2n) is 1.85. The number of hydrogen-bond acceptors (Lipinski definition) is 5. The number of sulfonamides is 2. The van der Waals surface area contributed by atoms with Crippen LogP contribution in [0.1, 0.15) is 0 Å². The van der Waals surface area contributed by atoms with Crippen LogP contribution in [0, 0.1) is 0 Å². The largest absolute Gasteiger partial charge is 0.514 e. The van der Waals surface area contributed by atoms with Crippen LogP contribution in [0.15, 0.2) is 0 Å². The average Bonchev–Trinajstić information content (AvgIpc) is 2.01. The maximum atomic E-state index is 11.6. The minimum absolute atomic E-state index is 2.04. The number of halogens is 4. The molecule has 0 aromatic carbocycles. The second kappa shape index (κ2) is 3.60. The molecule has 6 nitrogen and oxygen atoms in total. The van der Waals surface area contributed by atoms with Gasteiger partial charge in [-0.2, -0.15) is 21.6 Å². The Bertz CT molecular complexity index is 394. The van der Waals surface area contributed by atoms with E-state index in [1.165, 1.54) is 0 Å². The summed E-state index contributed by atoms with van der Waals surface area (Å²) in [4.78, 5) is 0. The fourth-order valence-corrected chi connectivity index (χ4v) is 2.11. The van der Waals surface area contributed by atoms with Crippen LogP contribution in [-0.2, 0) is 20.0 Å². The number of hydrogen-bond donors (Lipinski definition) is 1. The predicted molar refractivity (Wildman–Crippen MR) is 33.5 cm³/mol. The maximum Gasteiger partial charge on any atom is 0.514 e. The van der Waals surface area contributed by atoms with E-state index in [4.69, 9.17) is 5.21 Å². The monoisotopic (exact) mass is 261 g/mol. The zero-order valence-corrected chi connectivity index (χ0v) is 7.70. The lowest BCUT2D eigenvalue weighted by Crippen LogP contribution is -2.42. The Labute approximate surface area is 75.8 Å². The highest BCUT2D eigenvalue weighted by atomic mass is 32.3. The fraction of sp³-hybridized carbons (Fsp3) is 1.00. The van der Waals surface area contributed by atoms with E-state index in [9.17, 15) is 34.4 Å². The smallest absolute Gasteiger partial charge is 0.285 e. The molecule has 12 heteroatoms. The average molecular weight is 261 g/mol. The van der Waals surface area contributed by atoms with Gasteiger partial charge in [-0.3, -0.25) is 5.21 Å². The third-order valence-electron chi connectivity index (χ3n) is 0.874. The van der Waals surface area contributed by atoms with Crippen molar-refractivity contribution in [2.24, 2.45) is 0 Å². The van der Waals surface area contributed by atoms with Crippen LogP contribution in [0.5, 0.6) is 0 Å². The Morgan fingerprint density at radius 3 is 1.71 bits per heavy atom. The molecule has 0 bridgehead atoms. The Balaban J connectivity index is 5.39. The highest BCUT2D eigenvalue weighted by molar-refractivity contribution is 8.04. The number of rotatable bonds is 3. The van der Waals surface area contributed by atoms with Gasteiger partial charge in [-0.25, -0.2) is 12.8 Å². The minimum Gasteiger partial charge on any atom is -0.285 e. The molecule has 0 fully saturated rings. The van der Waals surface area contributed by atoms with E-state index in [2.05, 4.69) is 0 Å². The molecular weight excluding hydrogens is 258 g/mol. The fourth-order valence-electron chi connectivity index (χ4n) is 0.280. The van der Waals surface area contributed by atoms with E-state index in [0.717, 1.165) is 0 Å². The van der Waals surface area contributed by atoms with Gasteiger partial charge in [0.05, 0.1) is 0 Å². The lowest BCUT2D eigenvalue weighted by atomic mass is 11.6. The second-order valence-corrected chi connectivity index (χ2v) is 5.57. The summed E-state index contributed by atoms with van der Waals surface area (Å²) >= 11 is 0. The van der Waals surface area contributed by atoms with Gasteiger partial charge in [0.15, 0.2) is 0 Å². The first-order valence-electron chi connectivity index (χ1n) is 2.56. The first-order chi connectivity index (χ1) is 5.97. The Morgan fingerprint density at radius 2 is 1.50 bits per heavy atom. The van der Waals surface area contributed by atoms with Crippen LogP contribution in [0.4, 0.5) is 17.6 Å². The summed E-state index contributed by atoms with van der Waals surface area (Å²) in [5.41, 5.74) is -6.02.